The fourth-order valence-corrected chi connectivity index (χ4v) is 5.27. The number of carbonyl (C=O) groups is 2. The Morgan fingerprint density at radius 3 is 2.53 bits per heavy atom. The number of amides is 1. The van der Waals surface area contributed by atoms with Crippen molar-refractivity contribution in [2.45, 2.75) is 13.0 Å². The Morgan fingerprint density at radius 1 is 1.08 bits per heavy atom. The molecular weight excluding hydrogens is 525 g/mol. The van der Waals surface area contributed by atoms with Crippen molar-refractivity contribution < 1.29 is 14.3 Å². The van der Waals surface area contributed by atoms with Crippen LogP contribution in [0.5, 0.6) is 5.75 Å². The van der Waals surface area contributed by atoms with Crippen molar-refractivity contribution in [3.8, 4) is 28.1 Å². The minimum absolute atomic E-state index is 0.338. The summed E-state index contributed by atoms with van der Waals surface area (Å²) in [5.74, 6) is 0.400. The number of benzene rings is 2. The average molecular weight is 550 g/mol. The molecular formula is C28H25Cl2N5O3. The molecule has 0 unspecified atom stereocenters. The zero-order valence-electron chi connectivity index (χ0n) is 21.1. The van der Waals surface area contributed by atoms with E-state index in [4.69, 9.17) is 27.9 Å². The molecule has 3 heterocycles. The third-order valence-electron chi connectivity index (χ3n) is 6.70. The highest BCUT2D eigenvalue weighted by Crippen LogP contribution is 2.41. The highest BCUT2D eigenvalue weighted by Gasteiger charge is 2.25. The van der Waals surface area contributed by atoms with Crippen LogP contribution in [-0.4, -0.2) is 52.3 Å². The maximum atomic E-state index is 13.2. The molecule has 5 rings (SSSR count). The first-order valence-corrected chi connectivity index (χ1v) is 12.7. The second-order valence-corrected chi connectivity index (χ2v) is 9.85. The van der Waals surface area contributed by atoms with Gasteiger partial charge in [-0.1, -0.05) is 53.5 Å². The number of nitrogens with one attached hydrogen (secondary N) is 1. The number of aldehydes is 1. The molecule has 2 aromatic heterocycles. The van der Waals surface area contributed by atoms with Crippen LogP contribution in [0, 0.1) is 0 Å². The number of likely N-dealkylation sites (N-methyl/N-ethyl adjacent to an activating group) is 1. The molecule has 0 fully saturated rings. The summed E-state index contributed by atoms with van der Waals surface area (Å²) in [6.45, 7) is 1.63. The molecule has 1 aliphatic rings. The van der Waals surface area contributed by atoms with E-state index in [0.29, 0.717) is 68.1 Å². The lowest BCUT2D eigenvalue weighted by Gasteiger charge is -2.21. The van der Waals surface area contributed by atoms with Gasteiger partial charge >= 0.3 is 0 Å². The highest BCUT2D eigenvalue weighted by molar-refractivity contribution is 6.39. The zero-order valence-corrected chi connectivity index (χ0v) is 22.6. The van der Waals surface area contributed by atoms with Crippen LogP contribution in [0.15, 0.2) is 48.7 Å². The summed E-state index contributed by atoms with van der Waals surface area (Å²) in [4.78, 5) is 35.6. The molecule has 0 spiro atoms. The van der Waals surface area contributed by atoms with E-state index in [-0.39, 0.29) is 5.91 Å². The lowest BCUT2D eigenvalue weighted by Crippen LogP contribution is -2.27. The summed E-state index contributed by atoms with van der Waals surface area (Å²) >= 11 is 13.7. The maximum Gasteiger partial charge on any atom is 0.291 e. The molecule has 2 aromatic carbocycles. The van der Waals surface area contributed by atoms with Crippen LogP contribution in [0.25, 0.3) is 22.4 Å². The molecule has 0 aliphatic carbocycles. The van der Waals surface area contributed by atoms with Gasteiger partial charge in [0.25, 0.3) is 5.91 Å². The number of fused-ring (bicyclic) bond motifs is 1. The Morgan fingerprint density at radius 2 is 1.79 bits per heavy atom. The number of ether oxygens (including phenoxy) is 1. The van der Waals surface area contributed by atoms with E-state index < -0.39 is 0 Å². The quantitative estimate of drug-likeness (QED) is 0.318. The van der Waals surface area contributed by atoms with Gasteiger partial charge in [0.15, 0.2) is 12.1 Å². The molecule has 8 nitrogen and oxygen atoms in total. The van der Waals surface area contributed by atoms with Gasteiger partial charge < -0.3 is 19.5 Å². The van der Waals surface area contributed by atoms with E-state index in [1.807, 2.05) is 42.9 Å². The molecule has 194 valence electrons. The number of hydrogen-bond donors (Lipinski definition) is 1. The molecule has 38 heavy (non-hydrogen) atoms. The molecule has 1 aliphatic heterocycles. The number of anilines is 1. The van der Waals surface area contributed by atoms with Crippen LogP contribution in [0.4, 0.5) is 5.69 Å². The topological polar surface area (TPSA) is 89.3 Å². The molecule has 0 saturated carbocycles. The zero-order chi connectivity index (χ0) is 27.0. The van der Waals surface area contributed by atoms with Crippen LogP contribution >= 0.6 is 23.2 Å². The van der Waals surface area contributed by atoms with E-state index in [0.717, 1.165) is 24.4 Å². The Labute approximate surface area is 230 Å². The molecule has 1 N–H and O–H groups in total. The molecule has 10 heteroatoms. The SMILES string of the molecule is COc1cc(-c2cccc(-c3cccc(NC(=O)c4nc5c(n4C)CCN(C)C5)c3Cl)c2Cl)ncc1C=O. The van der Waals surface area contributed by atoms with Crippen molar-refractivity contribution >= 4 is 41.1 Å². The average Bonchev–Trinajstić information content (AvgIpc) is 3.25. The smallest absolute Gasteiger partial charge is 0.291 e. The second kappa shape index (κ2) is 10.6. The third-order valence-corrected chi connectivity index (χ3v) is 7.52. The van der Waals surface area contributed by atoms with Crippen LogP contribution in [0.2, 0.25) is 10.0 Å². The van der Waals surface area contributed by atoms with Gasteiger partial charge in [-0.15, -0.1) is 0 Å². The number of pyridine rings is 1. The lowest BCUT2D eigenvalue weighted by atomic mass is 10.00. The lowest BCUT2D eigenvalue weighted by molar-refractivity contribution is 0.101. The summed E-state index contributed by atoms with van der Waals surface area (Å²) in [7, 11) is 5.39. The van der Waals surface area contributed by atoms with Crippen LogP contribution in [0.3, 0.4) is 0 Å². The van der Waals surface area contributed by atoms with Crippen molar-refractivity contribution in [2.24, 2.45) is 7.05 Å². The van der Waals surface area contributed by atoms with Crippen molar-refractivity contribution in [3.63, 3.8) is 0 Å². The summed E-state index contributed by atoms with van der Waals surface area (Å²) in [5.41, 5.74) is 5.29. The van der Waals surface area contributed by atoms with Crippen LogP contribution < -0.4 is 10.1 Å². The number of methoxy groups -OCH3 is 1. The summed E-state index contributed by atoms with van der Waals surface area (Å²) in [6.07, 6.45) is 2.97. The van der Waals surface area contributed by atoms with Crippen molar-refractivity contribution in [1.82, 2.24) is 19.4 Å². The van der Waals surface area contributed by atoms with Crippen molar-refractivity contribution in [2.75, 3.05) is 26.0 Å². The number of aromatic nitrogens is 3. The van der Waals surface area contributed by atoms with Gasteiger partial charge in [-0.05, 0) is 13.1 Å². The highest BCUT2D eigenvalue weighted by atomic mass is 35.5. The molecule has 0 atom stereocenters. The number of carbonyl (C=O) groups excluding carboxylic acids is 2. The number of hydrogen-bond acceptors (Lipinski definition) is 6. The molecule has 0 saturated heterocycles. The minimum atomic E-state index is -0.338. The monoisotopic (exact) mass is 549 g/mol. The van der Waals surface area contributed by atoms with Gasteiger partial charge in [-0.2, -0.15) is 0 Å². The standard InChI is InChI=1S/C28H25Cl2N5O3/c1-34-11-10-23-22(14-34)32-27(35(23)2)28(37)33-20-9-5-7-18(26(20)30)17-6-4-8-19(25(17)29)21-12-24(38-3)16(15-36)13-31-21/h4-9,12-13,15H,10-11,14H2,1-3H3,(H,33,37). The predicted octanol–water partition coefficient (Wildman–Crippen LogP) is 5.52. The van der Waals surface area contributed by atoms with Gasteiger partial charge in [0.1, 0.15) is 5.75 Å². The second-order valence-electron chi connectivity index (χ2n) is 9.09. The summed E-state index contributed by atoms with van der Waals surface area (Å²) in [6, 6.07) is 12.6. The summed E-state index contributed by atoms with van der Waals surface area (Å²) < 4.78 is 7.17. The van der Waals surface area contributed by atoms with E-state index in [1.165, 1.54) is 13.3 Å². The van der Waals surface area contributed by atoms with Gasteiger partial charge in [0.05, 0.1) is 39.8 Å². The number of nitrogens with zero attached hydrogens (tertiary/aromatic N) is 4. The van der Waals surface area contributed by atoms with Gasteiger partial charge in [0.2, 0.25) is 0 Å². The molecule has 0 bridgehead atoms. The maximum absolute atomic E-state index is 13.2. The van der Waals surface area contributed by atoms with Crippen LogP contribution in [0.1, 0.15) is 32.4 Å². The first-order valence-electron chi connectivity index (χ1n) is 11.9. The van der Waals surface area contributed by atoms with E-state index in [9.17, 15) is 9.59 Å². The Hall–Kier alpha value is -3.72. The Balaban J connectivity index is 1.48. The minimum Gasteiger partial charge on any atom is -0.496 e. The van der Waals surface area contributed by atoms with E-state index in [1.54, 1.807) is 18.2 Å². The third kappa shape index (κ3) is 4.67. The molecule has 4 aromatic rings. The number of rotatable bonds is 6. The van der Waals surface area contributed by atoms with Crippen molar-refractivity contribution in [1.29, 1.82) is 0 Å². The van der Waals surface area contributed by atoms with Gasteiger partial charge in [-0.3, -0.25) is 14.6 Å². The normalized spacial score (nSPS) is 13.2. The number of halogens is 2. The fourth-order valence-electron chi connectivity index (χ4n) is 4.67. The van der Waals surface area contributed by atoms with Crippen LogP contribution in [-0.2, 0) is 20.0 Å². The van der Waals surface area contributed by atoms with Gasteiger partial charge in [0, 0.05) is 61.2 Å². The van der Waals surface area contributed by atoms with E-state index in [2.05, 4.69) is 20.2 Å². The summed E-state index contributed by atoms with van der Waals surface area (Å²) in [5, 5.41) is 3.69. The Kier molecular flexibility index (Phi) is 7.21. The van der Waals surface area contributed by atoms with E-state index >= 15 is 0 Å². The number of imidazole rings is 1. The van der Waals surface area contributed by atoms with Gasteiger partial charge in [-0.25, -0.2) is 4.98 Å². The largest absolute Gasteiger partial charge is 0.496 e. The van der Waals surface area contributed by atoms with Crippen molar-refractivity contribution in [3.05, 3.63) is 81.5 Å². The predicted molar refractivity (Wildman–Crippen MR) is 148 cm³/mol. The fraction of sp³-hybridized carbons (Fsp3) is 0.214. The first kappa shape index (κ1) is 25.9. The molecule has 0 radical (unpaired) electrons. The first-order chi connectivity index (χ1) is 18.3. The molecule has 1 amide bonds. The Bertz CT molecular complexity index is 1570.